The van der Waals surface area contributed by atoms with Crippen LogP contribution in [0.2, 0.25) is 0 Å². The minimum atomic E-state index is -0.289. The van der Waals surface area contributed by atoms with Crippen LogP contribution in [0, 0.1) is 37.3 Å². The molecule has 2 saturated carbocycles. The molecule has 0 aromatic heterocycles. The van der Waals surface area contributed by atoms with Gasteiger partial charge in [0.15, 0.2) is 0 Å². The molecule has 4 aromatic carbocycles. The number of amides is 2. The Hall–Kier alpha value is -4.32. The summed E-state index contributed by atoms with van der Waals surface area (Å²) in [6.45, 7) is 4.22. The van der Waals surface area contributed by atoms with Gasteiger partial charge in [-0.2, -0.15) is 0 Å². The van der Waals surface area contributed by atoms with Gasteiger partial charge in [0.05, 0.1) is 0 Å². The van der Waals surface area contributed by atoms with E-state index in [2.05, 4.69) is 73.0 Å². The molecule has 6 heteroatoms. The van der Waals surface area contributed by atoms with Crippen molar-refractivity contribution in [3.63, 3.8) is 0 Å². The summed E-state index contributed by atoms with van der Waals surface area (Å²) in [5.74, 6) is 1.63. The first-order valence-corrected chi connectivity index (χ1v) is 17.4. The van der Waals surface area contributed by atoms with E-state index < -0.39 is 0 Å². The Morgan fingerprint density at radius 2 is 0.812 bits per heavy atom. The van der Waals surface area contributed by atoms with Crippen molar-refractivity contribution in [2.45, 2.75) is 89.9 Å². The Balaban J connectivity index is 0.000000188. The van der Waals surface area contributed by atoms with Crippen LogP contribution in [0.15, 0.2) is 97.1 Å². The largest absolute Gasteiger partial charge is 0.326 e. The predicted octanol–water partition coefficient (Wildman–Crippen LogP) is 10.9. The van der Waals surface area contributed by atoms with Gasteiger partial charge in [0.2, 0.25) is 11.8 Å². The van der Waals surface area contributed by atoms with Crippen molar-refractivity contribution in [1.29, 1.82) is 0 Å². The number of rotatable bonds is 8. The van der Waals surface area contributed by atoms with Crippen molar-refractivity contribution >= 4 is 23.2 Å². The van der Waals surface area contributed by atoms with Gasteiger partial charge in [-0.15, -0.1) is 0 Å². The van der Waals surface area contributed by atoms with E-state index in [1.165, 1.54) is 46.5 Å². The number of nitrogens with one attached hydrogen (secondary N) is 2. The van der Waals surface area contributed by atoms with Crippen molar-refractivity contribution in [1.82, 2.24) is 0 Å². The quantitative estimate of drug-likeness (QED) is 0.199. The summed E-state index contributed by atoms with van der Waals surface area (Å²) in [4.78, 5) is 24.3. The first-order valence-electron chi connectivity index (χ1n) is 17.4. The SMILES string of the molecule is Cc1ccc(C2CCC(CC(=O)Nc3ccc(F)cc3)CC2)cc1.Cc1ccc(C2CCC(CC(=O)Nc3ccc(F)cc3)CC2)cc1. The van der Waals surface area contributed by atoms with Crippen LogP contribution in [0.4, 0.5) is 20.2 Å². The lowest BCUT2D eigenvalue weighted by Crippen LogP contribution is -2.20. The van der Waals surface area contributed by atoms with Gasteiger partial charge in [-0.25, -0.2) is 8.78 Å². The highest BCUT2D eigenvalue weighted by Crippen LogP contribution is 2.38. The second kappa shape index (κ2) is 17.2. The Labute approximate surface area is 284 Å². The summed E-state index contributed by atoms with van der Waals surface area (Å²) in [6.07, 6.45) is 10.1. The number of benzene rings is 4. The maximum Gasteiger partial charge on any atom is 0.224 e. The molecule has 6 rings (SSSR count). The standard InChI is InChI=1S/2C21H24FNO/c2*1-15-2-6-17(7-3-15)18-8-4-16(5-9-18)14-21(24)23-20-12-10-19(22)11-13-20/h2*2-3,6-7,10-13,16,18H,4-5,8-9,14H2,1H3,(H,23,24). The molecule has 48 heavy (non-hydrogen) atoms. The van der Waals surface area contributed by atoms with Crippen LogP contribution in [-0.4, -0.2) is 11.8 Å². The molecule has 0 aliphatic heterocycles. The smallest absolute Gasteiger partial charge is 0.224 e. The molecule has 2 aliphatic rings. The van der Waals surface area contributed by atoms with Gasteiger partial charge in [0.25, 0.3) is 0 Å². The van der Waals surface area contributed by atoms with E-state index in [0.717, 1.165) is 51.4 Å². The Morgan fingerprint density at radius 3 is 1.12 bits per heavy atom. The molecular formula is C42H48F2N2O2. The number of hydrogen-bond acceptors (Lipinski definition) is 2. The summed E-state index contributed by atoms with van der Waals surface area (Å²) < 4.78 is 25.8. The zero-order valence-electron chi connectivity index (χ0n) is 28.2. The maximum absolute atomic E-state index is 12.9. The van der Waals surface area contributed by atoms with Crippen molar-refractivity contribution in [2.24, 2.45) is 11.8 Å². The molecule has 2 N–H and O–H groups in total. The summed E-state index contributed by atoms with van der Waals surface area (Å²) in [5.41, 5.74) is 6.77. The first-order chi connectivity index (χ1) is 23.2. The number of aryl methyl sites for hydroxylation is 2. The van der Waals surface area contributed by atoms with Crippen molar-refractivity contribution in [2.75, 3.05) is 10.6 Å². The highest BCUT2D eigenvalue weighted by Gasteiger charge is 2.25. The molecule has 252 valence electrons. The topological polar surface area (TPSA) is 58.2 Å². The molecule has 2 fully saturated rings. The van der Waals surface area contributed by atoms with E-state index in [9.17, 15) is 18.4 Å². The maximum atomic E-state index is 12.9. The third-order valence-electron chi connectivity index (χ3n) is 10.00. The number of anilines is 2. The number of hydrogen-bond donors (Lipinski definition) is 2. The number of halogens is 2. The number of carbonyl (C=O) groups is 2. The van der Waals surface area contributed by atoms with Gasteiger partial charge in [-0.1, -0.05) is 59.7 Å². The lowest BCUT2D eigenvalue weighted by molar-refractivity contribution is -0.118. The van der Waals surface area contributed by atoms with E-state index in [1.54, 1.807) is 24.3 Å². The summed E-state index contributed by atoms with van der Waals surface area (Å²) in [7, 11) is 0. The van der Waals surface area contributed by atoms with Crippen LogP contribution in [0.3, 0.4) is 0 Å². The fourth-order valence-corrected chi connectivity index (χ4v) is 7.09. The van der Waals surface area contributed by atoms with Crippen LogP contribution < -0.4 is 10.6 Å². The zero-order valence-corrected chi connectivity index (χ0v) is 28.2. The zero-order chi connectivity index (χ0) is 33.9. The molecular weight excluding hydrogens is 602 g/mol. The molecule has 0 saturated heterocycles. The molecule has 0 unspecified atom stereocenters. The predicted molar refractivity (Wildman–Crippen MR) is 191 cm³/mol. The van der Waals surface area contributed by atoms with Gasteiger partial charge in [0.1, 0.15) is 11.6 Å². The Morgan fingerprint density at radius 1 is 0.500 bits per heavy atom. The van der Waals surface area contributed by atoms with Crippen LogP contribution in [0.25, 0.3) is 0 Å². The van der Waals surface area contributed by atoms with E-state index in [0.29, 0.717) is 47.9 Å². The molecule has 0 spiro atoms. The summed E-state index contributed by atoms with van der Waals surface area (Å²) >= 11 is 0. The van der Waals surface area contributed by atoms with Crippen LogP contribution in [-0.2, 0) is 9.59 Å². The third kappa shape index (κ3) is 10.9. The van der Waals surface area contributed by atoms with Crippen molar-refractivity contribution in [3.05, 3.63) is 131 Å². The van der Waals surface area contributed by atoms with E-state index >= 15 is 0 Å². The average Bonchev–Trinajstić information content (AvgIpc) is 3.09. The average molecular weight is 651 g/mol. The summed E-state index contributed by atoms with van der Waals surface area (Å²) in [6, 6.07) is 29.5. The first kappa shape index (κ1) is 35.0. The number of carbonyl (C=O) groups excluding carboxylic acids is 2. The van der Waals surface area contributed by atoms with Crippen LogP contribution in [0.1, 0.15) is 98.3 Å². The van der Waals surface area contributed by atoms with E-state index in [4.69, 9.17) is 0 Å². The molecule has 2 amide bonds. The minimum Gasteiger partial charge on any atom is -0.326 e. The monoisotopic (exact) mass is 650 g/mol. The molecule has 0 radical (unpaired) electrons. The molecule has 0 bridgehead atoms. The highest BCUT2D eigenvalue weighted by molar-refractivity contribution is 5.91. The fourth-order valence-electron chi connectivity index (χ4n) is 7.09. The van der Waals surface area contributed by atoms with Crippen LogP contribution >= 0.6 is 0 Å². The Kier molecular flexibility index (Phi) is 12.5. The lowest BCUT2D eigenvalue weighted by atomic mass is 9.77. The fraction of sp³-hybridized carbons (Fsp3) is 0.381. The summed E-state index contributed by atoms with van der Waals surface area (Å²) in [5, 5.41) is 5.72. The van der Waals surface area contributed by atoms with Gasteiger partial charge in [-0.3, -0.25) is 9.59 Å². The molecule has 4 aromatic rings. The van der Waals surface area contributed by atoms with Gasteiger partial charge in [-0.05, 0) is 149 Å². The highest BCUT2D eigenvalue weighted by atomic mass is 19.1. The second-order valence-corrected chi connectivity index (χ2v) is 13.8. The van der Waals surface area contributed by atoms with E-state index in [-0.39, 0.29) is 23.4 Å². The van der Waals surface area contributed by atoms with Gasteiger partial charge >= 0.3 is 0 Å². The van der Waals surface area contributed by atoms with E-state index in [1.807, 2.05) is 0 Å². The van der Waals surface area contributed by atoms with Gasteiger partial charge < -0.3 is 10.6 Å². The molecule has 0 atom stereocenters. The minimum absolute atomic E-state index is 0.0281. The van der Waals surface area contributed by atoms with Crippen molar-refractivity contribution in [3.8, 4) is 0 Å². The van der Waals surface area contributed by atoms with Crippen molar-refractivity contribution < 1.29 is 18.4 Å². The molecule has 0 heterocycles. The van der Waals surface area contributed by atoms with Gasteiger partial charge in [0, 0.05) is 24.2 Å². The lowest BCUT2D eigenvalue weighted by Gasteiger charge is -2.28. The Bertz CT molecular complexity index is 1460. The normalized spacial score (nSPS) is 20.6. The van der Waals surface area contributed by atoms with Crippen LogP contribution in [0.5, 0.6) is 0 Å². The molecule has 4 nitrogen and oxygen atoms in total. The second-order valence-electron chi connectivity index (χ2n) is 13.8. The molecule has 2 aliphatic carbocycles. The third-order valence-corrected chi connectivity index (χ3v) is 10.00.